The lowest BCUT2D eigenvalue weighted by atomic mass is 10.0. The van der Waals surface area contributed by atoms with Crippen LogP contribution in [0.5, 0.6) is 0 Å². The molecule has 0 saturated carbocycles. The predicted molar refractivity (Wildman–Crippen MR) is 101 cm³/mol. The number of para-hydroxylation sites is 2. The van der Waals surface area contributed by atoms with E-state index in [0.29, 0.717) is 0 Å². The molecule has 0 radical (unpaired) electrons. The van der Waals surface area contributed by atoms with Gasteiger partial charge in [-0.1, -0.05) is 54.6 Å². The quantitative estimate of drug-likeness (QED) is 0.347. The summed E-state index contributed by atoms with van der Waals surface area (Å²) in [4.78, 5) is 3.60. The van der Waals surface area contributed by atoms with Gasteiger partial charge in [-0.25, -0.2) is 0 Å². The molecule has 0 unspecified atom stereocenters. The van der Waals surface area contributed by atoms with Crippen LogP contribution in [-0.2, 0) is 0 Å². The summed E-state index contributed by atoms with van der Waals surface area (Å²) in [6.07, 6.45) is 0. The molecule has 4 aromatic carbocycles. The van der Waals surface area contributed by atoms with Gasteiger partial charge in [0, 0.05) is 32.4 Å². The maximum atomic E-state index is 6.25. The molecule has 2 aromatic heterocycles. The first-order valence-corrected chi connectivity index (χ1v) is 8.13. The highest BCUT2D eigenvalue weighted by Crippen LogP contribution is 2.38. The molecule has 0 fully saturated rings. The summed E-state index contributed by atoms with van der Waals surface area (Å²) in [7, 11) is 0. The van der Waals surface area contributed by atoms with Crippen LogP contribution in [0.25, 0.3) is 54.5 Å². The molecule has 2 nitrogen and oxygen atoms in total. The van der Waals surface area contributed by atoms with Crippen molar-refractivity contribution in [1.29, 1.82) is 0 Å². The van der Waals surface area contributed by atoms with E-state index < -0.39 is 0 Å². The summed E-state index contributed by atoms with van der Waals surface area (Å²) < 4.78 is 6.25. The molecular formula is C22H13NO. The third-order valence-electron chi connectivity index (χ3n) is 5.00. The summed E-state index contributed by atoms with van der Waals surface area (Å²) in [5.74, 6) is 0. The minimum atomic E-state index is 0.938. The van der Waals surface area contributed by atoms with E-state index in [-0.39, 0.29) is 0 Å². The molecule has 0 aliphatic carbocycles. The monoisotopic (exact) mass is 307 g/mol. The Morgan fingerprint density at radius 2 is 1.38 bits per heavy atom. The maximum absolute atomic E-state index is 6.25. The van der Waals surface area contributed by atoms with E-state index in [1.807, 2.05) is 12.1 Å². The average molecular weight is 307 g/mol. The van der Waals surface area contributed by atoms with Crippen molar-refractivity contribution in [2.45, 2.75) is 0 Å². The molecule has 24 heavy (non-hydrogen) atoms. The second-order valence-corrected chi connectivity index (χ2v) is 6.30. The van der Waals surface area contributed by atoms with Gasteiger partial charge in [-0.15, -0.1) is 0 Å². The normalized spacial score (nSPS) is 12.2. The van der Waals surface area contributed by atoms with Gasteiger partial charge < -0.3 is 9.40 Å². The van der Waals surface area contributed by atoms with Crippen molar-refractivity contribution in [3.05, 3.63) is 72.8 Å². The van der Waals surface area contributed by atoms with Gasteiger partial charge >= 0.3 is 0 Å². The van der Waals surface area contributed by atoms with Crippen LogP contribution in [0.3, 0.4) is 0 Å². The molecule has 0 saturated heterocycles. The molecule has 112 valence electrons. The standard InChI is InChI=1S/C22H13NO/c1-3-7-18-14(5-1)16-11-9-13-10-12-17-15-6-2-4-8-19(15)24-22(17)20(13)21(16)23-18/h1-12,23H. The first-order chi connectivity index (χ1) is 11.9. The third-order valence-corrected chi connectivity index (χ3v) is 5.00. The SMILES string of the molecule is c1ccc2c(c1)[nH]c1c2ccc2ccc3c4ccccc4oc3c21. The van der Waals surface area contributed by atoms with Gasteiger partial charge in [0.05, 0.1) is 5.52 Å². The van der Waals surface area contributed by atoms with Crippen molar-refractivity contribution in [1.82, 2.24) is 4.98 Å². The fraction of sp³-hybridized carbons (Fsp3) is 0. The van der Waals surface area contributed by atoms with E-state index >= 15 is 0 Å². The number of aromatic amines is 1. The highest BCUT2D eigenvalue weighted by atomic mass is 16.3. The summed E-state index contributed by atoms with van der Waals surface area (Å²) in [6, 6.07) is 25.4. The van der Waals surface area contributed by atoms with Crippen LogP contribution in [0, 0.1) is 0 Å². The van der Waals surface area contributed by atoms with Crippen molar-refractivity contribution < 1.29 is 4.42 Å². The predicted octanol–water partition coefficient (Wildman–Crippen LogP) is 6.37. The van der Waals surface area contributed by atoms with E-state index in [1.165, 1.54) is 26.9 Å². The van der Waals surface area contributed by atoms with E-state index in [0.717, 1.165) is 27.6 Å². The summed E-state index contributed by atoms with van der Waals surface area (Å²) in [6.45, 7) is 0. The Morgan fingerprint density at radius 3 is 2.29 bits per heavy atom. The van der Waals surface area contributed by atoms with Crippen LogP contribution in [0.4, 0.5) is 0 Å². The van der Waals surface area contributed by atoms with E-state index in [9.17, 15) is 0 Å². The Bertz CT molecular complexity index is 1300. The van der Waals surface area contributed by atoms with Crippen LogP contribution in [0.1, 0.15) is 0 Å². The summed E-state index contributed by atoms with van der Waals surface area (Å²) in [5, 5.41) is 7.19. The van der Waals surface area contributed by atoms with E-state index in [4.69, 9.17) is 4.42 Å². The minimum Gasteiger partial charge on any atom is -0.455 e. The zero-order valence-electron chi connectivity index (χ0n) is 12.8. The molecular weight excluding hydrogens is 294 g/mol. The second kappa shape index (κ2) is 4.18. The van der Waals surface area contributed by atoms with Gasteiger partial charge in [0.15, 0.2) is 0 Å². The lowest BCUT2D eigenvalue weighted by molar-refractivity contribution is 0.673. The number of rotatable bonds is 0. The number of nitrogens with one attached hydrogen (secondary N) is 1. The zero-order chi connectivity index (χ0) is 15.7. The Kier molecular flexibility index (Phi) is 2.12. The van der Waals surface area contributed by atoms with E-state index in [2.05, 4.69) is 65.6 Å². The second-order valence-electron chi connectivity index (χ2n) is 6.30. The first kappa shape index (κ1) is 12.2. The van der Waals surface area contributed by atoms with E-state index in [1.54, 1.807) is 0 Å². The molecule has 0 bridgehead atoms. The molecule has 1 N–H and O–H groups in total. The zero-order valence-corrected chi connectivity index (χ0v) is 12.8. The number of hydrogen-bond donors (Lipinski definition) is 1. The van der Waals surface area contributed by atoms with Crippen LogP contribution in [-0.4, -0.2) is 4.98 Å². The Labute approximate surface area is 137 Å². The number of benzene rings is 4. The van der Waals surface area contributed by atoms with Gasteiger partial charge in [-0.2, -0.15) is 0 Å². The Balaban J connectivity index is 1.95. The van der Waals surface area contributed by atoms with Gasteiger partial charge in [0.1, 0.15) is 11.2 Å². The number of aromatic nitrogens is 1. The first-order valence-electron chi connectivity index (χ1n) is 8.13. The van der Waals surface area contributed by atoms with Crippen LogP contribution in [0.2, 0.25) is 0 Å². The van der Waals surface area contributed by atoms with Crippen LogP contribution in [0.15, 0.2) is 77.2 Å². The van der Waals surface area contributed by atoms with Gasteiger partial charge in [-0.3, -0.25) is 0 Å². The van der Waals surface area contributed by atoms with Crippen molar-refractivity contribution >= 4 is 54.5 Å². The van der Waals surface area contributed by atoms with Crippen molar-refractivity contribution in [2.75, 3.05) is 0 Å². The number of fused-ring (bicyclic) bond motifs is 9. The van der Waals surface area contributed by atoms with Crippen molar-refractivity contribution in [3.63, 3.8) is 0 Å². The van der Waals surface area contributed by atoms with Crippen LogP contribution >= 0.6 is 0 Å². The molecule has 0 atom stereocenters. The van der Waals surface area contributed by atoms with Gasteiger partial charge in [-0.05, 0) is 23.6 Å². The molecule has 2 heterocycles. The summed E-state index contributed by atoms with van der Waals surface area (Å²) in [5.41, 5.74) is 4.21. The van der Waals surface area contributed by atoms with Gasteiger partial charge in [0.2, 0.25) is 0 Å². The lowest BCUT2D eigenvalue weighted by Crippen LogP contribution is -1.77. The molecule has 6 rings (SSSR count). The number of H-pyrrole nitrogens is 1. The minimum absolute atomic E-state index is 0.938. The molecule has 0 aliphatic heterocycles. The number of furan rings is 1. The largest absolute Gasteiger partial charge is 0.455 e. The number of hydrogen-bond acceptors (Lipinski definition) is 1. The molecule has 2 heteroatoms. The average Bonchev–Trinajstić information content (AvgIpc) is 3.19. The fourth-order valence-electron chi connectivity index (χ4n) is 3.91. The molecule has 0 spiro atoms. The molecule has 6 aromatic rings. The Morgan fingerprint density at radius 1 is 0.625 bits per heavy atom. The third kappa shape index (κ3) is 1.41. The van der Waals surface area contributed by atoms with Crippen LogP contribution < -0.4 is 0 Å². The Hall–Kier alpha value is -3.26. The van der Waals surface area contributed by atoms with Gasteiger partial charge in [0.25, 0.3) is 0 Å². The lowest BCUT2D eigenvalue weighted by Gasteiger charge is -2.01. The highest BCUT2D eigenvalue weighted by Gasteiger charge is 2.14. The maximum Gasteiger partial charge on any atom is 0.145 e. The summed E-state index contributed by atoms with van der Waals surface area (Å²) >= 11 is 0. The topological polar surface area (TPSA) is 28.9 Å². The highest BCUT2D eigenvalue weighted by molar-refractivity contribution is 6.25. The fourth-order valence-corrected chi connectivity index (χ4v) is 3.91. The van der Waals surface area contributed by atoms with Crippen molar-refractivity contribution in [2.24, 2.45) is 0 Å². The molecule has 0 amide bonds. The molecule has 0 aliphatic rings. The smallest absolute Gasteiger partial charge is 0.145 e. The van der Waals surface area contributed by atoms with Crippen molar-refractivity contribution in [3.8, 4) is 0 Å².